The second-order valence-electron chi connectivity index (χ2n) is 6.29. The molecule has 92 valence electrons. The van der Waals surface area contributed by atoms with E-state index < -0.39 is 0 Å². The van der Waals surface area contributed by atoms with Crippen molar-refractivity contribution >= 4 is 5.91 Å². The molecule has 0 aromatic heterocycles. The van der Waals surface area contributed by atoms with Gasteiger partial charge in [-0.2, -0.15) is 0 Å². The van der Waals surface area contributed by atoms with Crippen LogP contribution in [0.1, 0.15) is 33.6 Å². The maximum atomic E-state index is 12.2. The largest absolute Gasteiger partial charge is 0.342 e. The number of hydrogen-bond acceptors (Lipinski definition) is 2. The zero-order chi connectivity index (χ0) is 11.9. The second-order valence-corrected chi connectivity index (χ2v) is 6.29. The van der Waals surface area contributed by atoms with Gasteiger partial charge in [0, 0.05) is 19.0 Å². The molecule has 0 aromatic rings. The molecule has 0 aromatic carbocycles. The van der Waals surface area contributed by atoms with Gasteiger partial charge in [0.1, 0.15) is 0 Å². The van der Waals surface area contributed by atoms with E-state index >= 15 is 0 Å². The molecule has 0 bridgehead atoms. The molecule has 1 saturated carbocycles. The van der Waals surface area contributed by atoms with Crippen molar-refractivity contribution in [2.24, 2.45) is 28.9 Å². The SMILES string of the molecule is CC1CCN(C(=O)C2CC2(C)C)CC1CN. The highest BCUT2D eigenvalue weighted by Crippen LogP contribution is 2.52. The molecule has 1 heterocycles. The Labute approximate surface area is 98.4 Å². The lowest BCUT2D eigenvalue weighted by molar-refractivity contribution is -0.135. The number of piperidine rings is 1. The van der Waals surface area contributed by atoms with E-state index in [0.29, 0.717) is 24.3 Å². The van der Waals surface area contributed by atoms with Crippen molar-refractivity contribution in [3.8, 4) is 0 Å². The van der Waals surface area contributed by atoms with Crippen LogP contribution in [0.3, 0.4) is 0 Å². The van der Waals surface area contributed by atoms with E-state index in [1.807, 2.05) is 0 Å². The molecule has 1 saturated heterocycles. The Morgan fingerprint density at radius 2 is 2.12 bits per heavy atom. The topological polar surface area (TPSA) is 46.3 Å². The minimum Gasteiger partial charge on any atom is -0.342 e. The Hall–Kier alpha value is -0.570. The summed E-state index contributed by atoms with van der Waals surface area (Å²) in [6.45, 7) is 9.14. The van der Waals surface area contributed by atoms with Crippen molar-refractivity contribution < 1.29 is 4.79 Å². The molecule has 3 unspecified atom stereocenters. The van der Waals surface area contributed by atoms with Crippen molar-refractivity contribution in [1.82, 2.24) is 4.90 Å². The van der Waals surface area contributed by atoms with E-state index in [4.69, 9.17) is 5.73 Å². The van der Waals surface area contributed by atoms with Gasteiger partial charge in [-0.05, 0) is 36.6 Å². The number of nitrogens with zero attached hydrogens (tertiary/aromatic N) is 1. The highest BCUT2D eigenvalue weighted by molar-refractivity contribution is 5.82. The lowest BCUT2D eigenvalue weighted by Gasteiger charge is -2.37. The third-order valence-corrected chi connectivity index (χ3v) is 4.54. The summed E-state index contributed by atoms with van der Waals surface area (Å²) >= 11 is 0. The smallest absolute Gasteiger partial charge is 0.226 e. The van der Waals surface area contributed by atoms with Gasteiger partial charge in [-0.15, -0.1) is 0 Å². The average molecular weight is 224 g/mol. The molecule has 3 nitrogen and oxygen atoms in total. The van der Waals surface area contributed by atoms with Crippen LogP contribution in [0.15, 0.2) is 0 Å². The first kappa shape index (κ1) is 11.9. The Balaban J connectivity index is 1.93. The molecular formula is C13H24N2O. The van der Waals surface area contributed by atoms with Crippen LogP contribution in [0.4, 0.5) is 0 Å². The fourth-order valence-corrected chi connectivity index (χ4v) is 2.77. The molecule has 2 rings (SSSR count). The van der Waals surface area contributed by atoms with E-state index in [9.17, 15) is 4.79 Å². The summed E-state index contributed by atoms with van der Waals surface area (Å²) in [6.07, 6.45) is 2.17. The van der Waals surface area contributed by atoms with Crippen LogP contribution in [0.25, 0.3) is 0 Å². The van der Waals surface area contributed by atoms with Gasteiger partial charge in [-0.1, -0.05) is 20.8 Å². The van der Waals surface area contributed by atoms with Crippen molar-refractivity contribution in [1.29, 1.82) is 0 Å². The highest BCUT2D eigenvalue weighted by atomic mass is 16.2. The second kappa shape index (κ2) is 4.02. The quantitative estimate of drug-likeness (QED) is 0.772. The summed E-state index contributed by atoms with van der Waals surface area (Å²) in [4.78, 5) is 14.3. The average Bonchev–Trinajstić information content (AvgIpc) is 2.87. The minimum atomic E-state index is 0.248. The summed E-state index contributed by atoms with van der Waals surface area (Å²) in [6, 6.07) is 0. The first-order valence-corrected chi connectivity index (χ1v) is 6.44. The van der Waals surface area contributed by atoms with E-state index in [-0.39, 0.29) is 11.3 Å². The number of nitrogens with two attached hydrogens (primary N) is 1. The monoisotopic (exact) mass is 224 g/mol. The Morgan fingerprint density at radius 3 is 2.62 bits per heavy atom. The number of carbonyl (C=O) groups excluding carboxylic acids is 1. The van der Waals surface area contributed by atoms with Crippen LogP contribution in [-0.2, 0) is 4.79 Å². The van der Waals surface area contributed by atoms with Gasteiger partial charge >= 0.3 is 0 Å². The van der Waals surface area contributed by atoms with E-state index in [1.165, 1.54) is 0 Å². The summed E-state index contributed by atoms with van der Waals surface area (Å²) < 4.78 is 0. The molecular weight excluding hydrogens is 200 g/mol. The summed E-state index contributed by atoms with van der Waals surface area (Å²) in [5, 5.41) is 0. The van der Waals surface area contributed by atoms with Gasteiger partial charge in [0.05, 0.1) is 0 Å². The molecule has 0 spiro atoms. The minimum absolute atomic E-state index is 0.248. The van der Waals surface area contributed by atoms with E-state index in [0.717, 1.165) is 25.9 Å². The molecule has 3 heteroatoms. The van der Waals surface area contributed by atoms with Crippen molar-refractivity contribution in [2.75, 3.05) is 19.6 Å². The maximum Gasteiger partial charge on any atom is 0.226 e. The molecule has 1 amide bonds. The summed E-state index contributed by atoms with van der Waals surface area (Å²) in [7, 11) is 0. The molecule has 1 aliphatic heterocycles. The van der Waals surface area contributed by atoms with Crippen molar-refractivity contribution in [3.63, 3.8) is 0 Å². The summed E-state index contributed by atoms with van der Waals surface area (Å²) in [5.41, 5.74) is 6.01. The van der Waals surface area contributed by atoms with Crippen LogP contribution >= 0.6 is 0 Å². The molecule has 2 N–H and O–H groups in total. The van der Waals surface area contributed by atoms with Crippen LogP contribution in [0.5, 0.6) is 0 Å². The molecule has 16 heavy (non-hydrogen) atoms. The fourth-order valence-electron chi connectivity index (χ4n) is 2.77. The van der Waals surface area contributed by atoms with Gasteiger partial charge in [0.25, 0.3) is 0 Å². The zero-order valence-corrected chi connectivity index (χ0v) is 10.7. The molecule has 0 radical (unpaired) electrons. The molecule has 1 aliphatic carbocycles. The molecule has 2 fully saturated rings. The molecule has 2 aliphatic rings. The van der Waals surface area contributed by atoms with Gasteiger partial charge in [-0.25, -0.2) is 0 Å². The van der Waals surface area contributed by atoms with Crippen LogP contribution in [-0.4, -0.2) is 30.4 Å². The van der Waals surface area contributed by atoms with Crippen molar-refractivity contribution in [2.45, 2.75) is 33.6 Å². The Bertz CT molecular complexity index is 288. The lowest BCUT2D eigenvalue weighted by Crippen LogP contribution is -2.46. The first-order chi connectivity index (χ1) is 7.45. The normalized spacial score (nSPS) is 37.2. The van der Waals surface area contributed by atoms with E-state index in [1.54, 1.807) is 0 Å². The van der Waals surface area contributed by atoms with Crippen LogP contribution in [0, 0.1) is 23.2 Å². The van der Waals surface area contributed by atoms with Gasteiger partial charge < -0.3 is 10.6 Å². The predicted molar refractivity (Wildman–Crippen MR) is 64.8 cm³/mol. The van der Waals surface area contributed by atoms with Crippen molar-refractivity contribution in [3.05, 3.63) is 0 Å². The van der Waals surface area contributed by atoms with Gasteiger partial charge in [0.2, 0.25) is 5.91 Å². The highest BCUT2D eigenvalue weighted by Gasteiger charge is 2.52. The zero-order valence-electron chi connectivity index (χ0n) is 10.7. The third-order valence-electron chi connectivity index (χ3n) is 4.54. The number of hydrogen-bond donors (Lipinski definition) is 1. The van der Waals surface area contributed by atoms with Gasteiger partial charge in [0.15, 0.2) is 0 Å². The molecule has 3 atom stereocenters. The van der Waals surface area contributed by atoms with Crippen LogP contribution in [0.2, 0.25) is 0 Å². The number of likely N-dealkylation sites (tertiary alicyclic amines) is 1. The number of carbonyl (C=O) groups is 1. The standard InChI is InChI=1S/C13H24N2O/c1-9-4-5-15(8-10(9)7-14)12(16)11-6-13(11,2)3/h9-11H,4-8,14H2,1-3H3. The first-order valence-electron chi connectivity index (χ1n) is 6.44. The Kier molecular flexibility index (Phi) is 2.99. The predicted octanol–water partition coefficient (Wildman–Crippen LogP) is 1.48. The fraction of sp³-hybridized carbons (Fsp3) is 0.923. The van der Waals surface area contributed by atoms with Gasteiger partial charge in [-0.3, -0.25) is 4.79 Å². The summed E-state index contributed by atoms with van der Waals surface area (Å²) in [5.74, 6) is 1.82. The number of amides is 1. The lowest BCUT2D eigenvalue weighted by atomic mass is 9.87. The van der Waals surface area contributed by atoms with E-state index in [2.05, 4.69) is 25.7 Å². The maximum absolute atomic E-state index is 12.2. The number of rotatable bonds is 2. The van der Waals surface area contributed by atoms with Crippen LogP contribution < -0.4 is 5.73 Å². The Morgan fingerprint density at radius 1 is 1.50 bits per heavy atom. The third kappa shape index (κ3) is 2.10.